The summed E-state index contributed by atoms with van der Waals surface area (Å²) in [6, 6.07) is 10.4. The molecule has 2 atom stereocenters. The molecule has 144 valence electrons. The number of carbonyl (C=O) groups is 1. The molecular weight excluding hydrogens is 364 g/mol. The van der Waals surface area contributed by atoms with Crippen molar-refractivity contribution in [3.63, 3.8) is 0 Å². The third-order valence-corrected chi connectivity index (χ3v) is 5.01. The second kappa shape index (κ2) is 7.50. The van der Waals surface area contributed by atoms with Gasteiger partial charge in [-0.15, -0.1) is 0 Å². The Bertz CT molecular complexity index is 1010. The van der Waals surface area contributed by atoms with Gasteiger partial charge in [-0.3, -0.25) is 14.8 Å². The van der Waals surface area contributed by atoms with E-state index in [-0.39, 0.29) is 23.6 Å². The third-order valence-electron chi connectivity index (χ3n) is 5.01. The number of amides is 1. The summed E-state index contributed by atoms with van der Waals surface area (Å²) in [5.41, 5.74) is 1.96. The van der Waals surface area contributed by atoms with Gasteiger partial charge in [0.05, 0.1) is 5.52 Å². The number of rotatable bonds is 5. The van der Waals surface area contributed by atoms with Crippen molar-refractivity contribution in [1.82, 2.24) is 15.3 Å². The van der Waals surface area contributed by atoms with Crippen molar-refractivity contribution in [2.24, 2.45) is 5.92 Å². The van der Waals surface area contributed by atoms with Crippen molar-refractivity contribution in [3.05, 3.63) is 54.5 Å². The largest absolute Gasteiger partial charge is 0.490 e. The first kappa shape index (κ1) is 18.3. The summed E-state index contributed by atoms with van der Waals surface area (Å²) in [6.07, 6.45) is 0.789. The van der Waals surface area contributed by atoms with Crippen LogP contribution in [0.1, 0.15) is 25.5 Å². The van der Waals surface area contributed by atoms with Gasteiger partial charge in [-0.2, -0.15) is 0 Å². The molecule has 0 bridgehead atoms. The first-order chi connectivity index (χ1) is 13.5. The van der Waals surface area contributed by atoms with E-state index < -0.39 is 6.43 Å². The van der Waals surface area contributed by atoms with Crippen molar-refractivity contribution >= 4 is 16.8 Å². The lowest BCUT2D eigenvalue weighted by Crippen LogP contribution is -2.25. The summed E-state index contributed by atoms with van der Waals surface area (Å²) in [7, 11) is 0. The molecule has 4 rings (SSSR count). The van der Waals surface area contributed by atoms with Gasteiger partial charge in [-0.05, 0) is 42.8 Å². The molecule has 1 aliphatic rings. The fourth-order valence-electron chi connectivity index (χ4n) is 3.37. The van der Waals surface area contributed by atoms with Gasteiger partial charge in [0.15, 0.2) is 0 Å². The maximum Gasteiger partial charge on any atom is 0.280 e. The second-order valence-corrected chi connectivity index (χ2v) is 6.91. The number of nitrogens with one attached hydrogen (secondary N) is 1. The first-order valence-electron chi connectivity index (χ1n) is 9.08. The SMILES string of the molecule is C[C@@H](Oc1cc(-c2ccc(C(F)F)nc2)cc2ncccc12)[C@H]1CNC(=O)C1. The van der Waals surface area contributed by atoms with Crippen LogP contribution in [0.25, 0.3) is 22.0 Å². The number of hydrogen-bond donors (Lipinski definition) is 1. The second-order valence-electron chi connectivity index (χ2n) is 6.91. The minimum Gasteiger partial charge on any atom is -0.490 e. The van der Waals surface area contributed by atoms with Crippen molar-refractivity contribution in [1.29, 1.82) is 0 Å². The van der Waals surface area contributed by atoms with Gasteiger partial charge < -0.3 is 10.1 Å². The zero-order valence-corrected chi connectivity index (χ0v) is 15.2. The predicted molar refractivity (Wildman–Crippen MR) is 101 cm³/mol. The van der Waals surface area contributed by atoms with Crippen LogP contribution in [-0.4, -0.2) is 28.5 Å². The third kappa shape index (κ3) is 3.65. The standard InChI is InChI=1S/C21H19F2N3O2/c1-12(15-9-20(27)26-11-15)28-19-8-14(7-18-16(19)3-2-6-24-18)13-4-5-17(21(22)23)25-10-13/h2-8,10,12,15,21H,9,11H2,1H3,(H,26,27)/t12-,15-/m1/s1. The summed E-state index contributed by atoms with van der Waals surface area (Å²) in [5, 5.41) is 3.68. The molecule has 1 N–H and O–H groups in total. The van der Waals surface area contributed by atoms with Crippen molar-refractivity contribution < 1.29 is 18.3 Å². The number of carbonyl (C=O) groups excluding carboxylic acids is 1. The summed E-state index contributed by atoms with van der Waals surface area (Å²) in [5.74, 6) is 0.770. The van der Waals surface area contributed by atoms with E-state index in [0.717, 1.165) is 16.5 Å². The highest BCUT2D eigenvalue weighted by molar-refractivity contribution is 5.90. The molecule has 3 aromatic rings. The Morgan fingerprint density at radius 3 is 2.71 bits per heavy atom. The fourth-order valence-corrected chi connectivity index (χ4v) is 3.37. The molecule has 0 aliphatic carbocycles. The van der Waals surface area contributed by atoms with Gasteiger partial charge in [0.25, 0.3) is 6.43 Å². The highest BCUT2D eigenvalue weighted by Gasteiger charge is 2.28. The van der Waals surface area contributed by atoms with Gasteiger partial charge in [-0.1, -0.05) is 6.07 Å². The number of aromatic nitrogens is 2. The van der Waals surface area contributed by atoms with E-state index in [4.69, 9.17) is 4.74 Å². The summed E-state index contributed by atoms with van der Waals surface area (Å²) in [4.78, 5) is 19.7. The lowest BCUT2D eigenvalue weighted by atomic mass is 10.0. The highest BCUT2D eigenvalue weighted by Crippen LogP contribution is 2.33. The summed E-state index contributed by atoms with van der Waals surface area (Å²) < 4.78 is 31.8. The molecule has 1 amide bonds. The van der Waals surface area contributed by atoms with Crippen LogP contribution in [0.5, 0.6) is 5.75 Å². The number of nitrogens with zero attached hydrogens (tertiary/aromatic N) is 2. The number of hydrogen-bond acceptors (Lipinski definition) is 4. The molecule has 1 fully saturated rings. The Hall–Kier alpha value is -3.09. The first-order valence-corrected chi connectivity index (χ1v) is 9.08. The average Bonchev–Trinajstić information content (AvgIpc) is 3.14. The van der Waals surface area contributed by atoms with E-state index in [0.29, 0.717) is 24.3 Å². The van der Waals surface area contributed by atoms with Crippen LogP contribution in [0.4, 0.5) is 8.78 Å². The Morgan fingerprint density at radius 1 is 1.18 bits per heavy atom. The molecule has 0 unspecified atom stereocenters. The van der Waals surface area contributed by atoms with Crippen LogP contribution >= 0.6 is 0 Å². The number of fused-ring (bicyclic) bond motifs is 1. The summed E-state index contributed by atoms with van der Waals surface area (Å²) in [6.45, 7) is 2.54. The average molecular weight is 383 g/mol. The number of ether oxygens (including phenoxy) is 1. The molecule has 0 saturated carbocycles. The van der Waals surface area contributed by atoms with Crippen LogP contribution in [0.15, 0.2) is 48.8 Å². The maximum atomic E-state index is 12.8. The molecule has 0 spiro atoms. The van der Waals surface area contributed by atoms with Crippen molar-refractivity contribution in [2.75, 3.05) is 6.54 Å². The zero-order valence-electron chi connectivity index (χ0n) is 15.2. The predicted octanol–water partition coefficient (Wildman–Crippen LogP) is 4.14. The monoisotopic (exact) mass is 383 g/mol. The Kier molecular flexibility index (Phi) is 4.90. The molecule has 2 aromatic heterocycles. The van der Waals surface area contributed by atoms with Gasteiger partial charge in [-0.25, -0.2) is 8.78 Å². The number of alkyl halides is 2. The normalized spacial score (nSPS) is 17.7. The number of halogens is 2. The van der Waals surface area contributed by atoms with E-state index in [1.165, 1.54) is 12.3 Å². The van der Waals surface area contributed by atoms with Crippen molar-refractivity contribution in [3.8, 4) is 16.9 Å². The van der Waals surface area contributed by atoms with E-state index in [1.807, 2.05) is 31.2 Å². The lowest BCUT2D eigenvalue weighted by molar-refractivity contribution is -0.119. The van der Waals surface area contributed by atoms with Gasteiger partial charge >= 0.3 is 0 Å². The van der Waals surface area contributed by atoms with Gasteiger partial charge in [0, 0.05) is 42.2 Å². The fraction of sp³-hybridized carbons (Fsp3) is 0.286. The van der Waals surface area contributed by atoms with Gasteiger partial charge in [0.2, 0.25) is 5.91 Å². The smallest absolute Gasteiger partial charge is 0.280 e. The minimum absolute atomic E-state index is 0.0333. The topological polar surface area (TPSA) is 64.1 Å². The number of pyridine rings is 2. The maximum absolute atomic E-state index is 12.8. The van der Waals surface area contributed by atoms with Crippen LogP contribution < -0.4 is 10.1 Å². The lowest BCUT2D eigenvalue weighted by Gasteiger charge is -2.21. The van der Waals surface area contributed by atoms with Crippen LogP contribution in [0, 0.1) is 5.92 Å². The zero-order chi connectivity index (χ0) is 19.7. The molecule has 28 heavy (non-hydrogen) atoms. The molecule has 5 nitrogen and oxygen atoms in total. The van der Waals surface area contributed by atoms with E-state index in [1.54, 1.807) is 12.3 Å². The van der Waals surface area contributed by atoms with Crippen LogP contribution in [0.2, 0.25) is 0 Å². The minimum atomic E-state index is -2.60. The van der Waals surface area contributed by atoms with Crippen molar-refractivity contribution in [2.45, 2.75) is 25.9 Å². The van der Waals surface area contributed by atoms with E-state index >= 15 is 0 Å². The van der Waals surface area contributed by atoms with E-state index in [9.17, 15) is 13.6 Å². The Morgan fingerprint density at radius 2 is 2.04 bits per heavy atom. The van der Waals surface area contributed by atoms with Gasteiger partial charge in [0.1, 0.15) is 17.5 Å². The number of benzene rings is 1. The molecule has 1 aromatic carbocycles. The highest BCUT2D eigenvalue weighted by atomic mass is 19.3. The molecular formula is C21H19F2N3O2. The Labute approximate surface area is 160 Å². The van der Waals surface area contributed by atoms with E-state index in [2.05, 4.69) is 15.3 Å². The van der Waals surface area contributed by atoms with Crippen LogP contribution in [0.3, 0.4) is 0 Å². The molecule has 1 aliphatic heterocycles. The quantitative estimate of drug-likeness (QED) is 0.719. The molecule has 3 heterocycles. The molecule has 1 saturated heterocycles. The summed E-state index contributed by atoms with van der Waals surface area (Å²) >= 11 is 0. The molecule has 0 radical (unpaired) electrons. The molecule has 7 heteroatoms. The van der Waals surface area contributed by atoms with Crippen LogP contribution in [-0.2, 0) is 4.79 Å². The Balaban J connectivity index is 1.70.